The Bertz CT molecular complexity index is 2420. The number of aromatic nitrogens is 4. The zero-order valence-corrected chi connectivity index (χ0v) is 37.1. The summed E-state index contributed by atoms with van der Waals surface area (Å²) in [5.41, 5.74) is 6.84. The first-order chi connectivity index (χ1) is 28.9. The van der Waals surface area contributed by atoms with Crippen molar-refractivity contribution >= 4 is 49.5 Å². The molecule has 3 aromatic heterocycles. The lowest BCUT2D eigenvalue weighted by Crippen LogP contribution is -2.23. The van der Waals surface area contributed by atoms with Gasteiger partial charge in [-0.1, -0.05) is 18.2 Å². The largest absolute Gasteiger partial charge is 0.522 e. The van der Waals surface area contributed by atoms with Crippen LogP contribution in [0, 0.1) is 13.8 Å². The first kappa shape index (κ1) is 51.0. The van der Waals surface area contributed by atoms with Crippen molar-refractivity contribution < 1.29 is 50.1 Å². The summed E-state index contributed by atoms with van der Waals surface area (Å²) >= 11 is 0. The van der Waals surface area contributed by atoms with Gasteiger partial charge in [-0.2, -0.15) is 27.0 Å². The van der Waals surface area contributed by atoms with Gasteiger partial charge in [0.25, 0.3) is 11.1 Å². The first-order valence-corrected chi connectivity index (χ1v) is 19.8. The number of pyridine rings is 2. The molecule has 63 heavy (non-hydrogen) atoms. The molecule has 5 aromatic rings. The summed E-state index contributed by atoms with van der Waals surface area (Å²) in [5.74, 6) is 0.555. The fourth-order valence-corrected chi connectivity index (χ4v) is 7.47. The average molecular weight is 928 g/mol. The third-order valence-electron chi connectivity index (χ3n) is 10.4. The summed E-state index contributed by atoms with van der Waals surface area (Å²) in [6.45, 7) is 3.46. The second-order valence-electron chi connectivity index (χ2n) is 15.0. The smallest absolute Gasteiger partial charge is 0.382 e. The van der Waals surface area contributed by atoms with Crippen molar-refractivity contribution in [2.45, 2.75) is 77.4 Å². The van der Waals surface area contributed by atoms with Crippen LogP contribution in [0.25, 0.3) is 33.3 Å². The molecule has 0 unspecified atom stereocenters. The zero-order valence-electron chi connectivity index (χ0n) is 35.1. The Hall–Kier alpha value is -4.60. The minimum absolute atomic E-state index is 0. The Labute approximate surface area is 373 Å². The average Bonchev–Trinajstić information content (AvgIpc) is 4.00. The molecular weight excluding hydrogens is 877 g/mol. The van der Waals surface area contributed by atoms with Gasteiger partial charge in [0, 0.05) is 76.0 Å². The molecule has 2 saturated heterocycles. The fraction of sp³-hybridized carbons (Fsp3) is 0.442. The van der Waals surface area contributed by atoms with Gasteiger partial charge in [0.1, 0.15) is 18.0 Å². The first-order valence-electron chi connectivity index (χ1n) is 19.8. The number of nitrogens with one attached hydrogen (secondary N) is 1. The monoisotopic (exact) mass is 927 g/mol. The van der Waals surface area contributed by atoms with E-state index in [1.165, 1.54) is 9.13 Å². The van der Waals surface area contributed by atoms with Gasteiger partial charge >= 0.3 is 12.7 Å². The maximum absolute atomic E-state index is 12.5. The lowest BCUT2D eigenvalue weighted by molar-refractivity contribution is -0.325. The molecule has 1 N–H and O–H groups in total. The van der Waals surface area contributed by atoms with Gasteiger partial charge in [0.15, 0.2) is 5.78 Å². The van der Waals surface area contributed by atoms with Crippen molar-refractivity contribution in [3.8, 4) is 22.3 Å². The number of hydrogen-bond donors (Lipinski definition) is 1. The maximum Gasteiger partial charge on any atom is 0.522 e. The third kappa shape index (κ3) is 13.5. The van der Waals surface area contributed by atoms with Crippen LogP contribution in [-0.4, -0.2) is 76.3 Å². The van der Waals surface area contributed by atoms with E-state index in [2.05, 4.69) is 19.8 Å². The molecular formula is C43H51F6N5O7S2. The van der Waals surface area contributed by atoms with E-state index in [1.54, 1.807) is 69.2 Å². The van der Waals surface area contributed by atoms with Crippen LogP contribution in [0.4, 0.5) is 32.0 Å². The highest BCUT2D eigenvalue weighted by Crippen LogP contribution is 2.33. The summed E-state index contributed by atoms with van der Waals surface area (Å²) < 4.78 is 98.0. The topological polar surface area (TPSA) is 128 Å². The van der Waals surface area contributed by atoms with Crippen molar-refractivity contribution in [1.29, 1.82) is 0 Å². The van der Waals surface area contributed by atoms with Gasteiger partial charge in [0.05, 0.1) is 24.2 Å². The number of anilines is 1. The number of fused-ring (bicyclic) bond motifs is 1. The van der Waals surface area contributed by atoms with E-state index in [0.29, 0.717) is 58.9 Å². The van der Waals surface area contributed by atoms with Gasteiger partial charge < -0.3 is 28.5 Å². The van der Waals surface area contributed by atoms with E-state index in [0.717, 1.165) is 41.5 Å². The number of carbonyl (C=O) groups excluding carboxylic acids is 1. The molecule has 7 rings (SSSR count). The predicted molar refractivity (Wildman–Crippen MR) is 236 cm³/mol. The quantitative estimate of drug-likeness (QED) is 0.0926. The van der Waals surface area contributed by atoms with E-state index in [-0.39, 0.29) is 69.5 Å². The summed E-state index contributed by atoms with van der Waals surface area (Å²) in [4.78, 5) is 41.2. The number of alkyl halides is 6. The molecule has 5 heterocycles. The standard InChI is InChI=1S/C22H25F3N2O4.C21H22F3N3O3.2H2S/c1-14-10-17(13-27(2)21(14)29)15-5-6-16(12-19(28)20-4-3-8-30-20)18(11-15)26-7-9-31-22(23,24)25;1-13-10-15(12-26(2)20(13)28)14-5-6-16-17(11-14)27(7-9-30-21(22,23)24)19(25-16)18-4-3-8-29-18;;/h5-6,10-11,13,20,26H,3-4,7-9,12H2,1-2H3;5-6,10-12,18H,3-4,7-9H2,1-2H3;2*1H2/t20-;18-;;/m00../s1. The Morgan fingerprint density at radius 1 is 0.778 bits per heavy atom. The van der Waals surface area contributed by atoms with E-state index in [4.69, 9.17) is 9.47 Å². The van der Waals surface area contributed by atoms with Gasteiger partial charge in [-0.25, -0.2) is 4.98 Å². The Morgan fingerprint density at radius 3 is 1.90 bits per heavy atom. The third-order valence-corrected chi connectivity index (χ3v) is 10.4. The highest BCUT2D eigenvalue weighted by molar-refractivity contribution is 7.59. The van der Waals surface area contributed by atoms with E-state index in [1.807, 2.05) is 24.3 Å². The number of ether oxygens (including phenoxy) is 4. The number of benzene rings is 2. The highest BCUT2D eigenvalue weighted by Gasteiger charge is 2.31. The molecule has 0 spiro atoms. The van der Waals surface area contributed by atoms with Crippen molar-refractivity contribution in [2.75, 3.05) is 38.3 Å². The molecule has 0 saturated carbocycles. The molecule has 0 amide bonds. The lowest BCUT2D eigenvalue weighted by Gasteiger charge is -2.16. The summed E-state index contributed by atoms with van der Waals surface area (Å²) in [5, 5.41) is 2.95. The number of Topliss-reactive ketones (excluding diaryl/α,β-unsaturated/α-hetero) is 1. The van der Waals surface area contributed by atoms with Crippen LogP contribution in [0.2, 0.25) is 0 Å². The van der Waals surface area contributed by atoms with Crippen LogP contribution < -0.4 is 16.4 Å². The molecule has 2 aliphatic heterocycles. The normalized spacial score (nSPS) is 16.3. The highest BCUT2D eigenvalue weighted by atomic mass is 32.1. The van der Waals surface area contributed by atoms with Gasteiger partial charge in [-0.15, -0.1) is 26.3 Å². The lowest BCUT2D eigenvalue weighted by atomic mass is 9.98. The van der Waals surface area contributed by atoms with E-state index in [9.17, 15) is 40.7 Å². The van der Waals surface area contributed by atoms with E-state index >= 15 is 0 Å². The van der Waals surface area contributed by atoms with Crippen molar-refractivity contribution in [2.24, 2.45) is 14.1 Å². The molecule has 0 bridgehead atoms. The second-order valence-corrected chi connectivity index (χ2v) is 15.0. The van der Waals surface area contributed by atoms with Crippen molar-refractivity contribution in [3.05, 3.63) is 104 Å². The fourth-order valence-electron chi connectivity index (χ4n) is 7.47. The molecule has 0 radical (unpaired) electrons. The molecule has 12 nitrogen and oxygen atoms in total. The molecule has 344 valence electrons. The van der Waals surface area contributed by atoms with Crippen LogP contribution in [0.1, 0.15) is 54.3 Å². The Morgan fingerprint density at radius 2 is 1.35 bits per heavy atom. The van der Waals surface area contributed by atoms with Crippen LogP contribution in [0.5, 0.6) is 0 Å². The van der Waals surface area contributed by atoms with Crippen LogP contribution >= 0.6 is 27.0 Å². The predicted octanol–water partition coefficient (Wildman–Crippen LogP) is 7.92. The van der Waals surface area contributed by atoms with Crippen molar-refractivity contribution in [1.82, 2.24) is 18.7 Å². The van der Waals surface area contributed by atoms with Crippen LogP contribution in [0.3, 0.4) is 0 Å². The summed E-state index contributed by atoms with van der Waals surface area (Å²) in [6.07, 6.45) is -3.35. The Balaban J connectivity index is 0.000000268. The van der Waals surface area contributed by atoms with Crippen LogP contribution in [0.15, 0.2) is 70.5 Å². The minimum atomic E-state index is -4.70. The second kappa shape index (κ2) is 21.9. The molecule has 2 aromatic carbocycles. The molecule has 0 aliphatic carbocycles. The number of carbonyl (C=O) groups is 1. The number of imidazole rings is 1. The van der Waals surface area contributed by atoms with Gasteiger partial charge in [0.2, 0.25) is 0 Å². The summed E-state index contributed by atoms with van der Waals surface area (Å²) in [7, 11) is 3.34. The van der Waals surface area contributed by atoms with Gasteiger partial charge in [-0.05, 0) is 97.7 Å². The molecule has 2 aliphatic rings. The SMILES string of the molecule is Cc1cc(-c2ccc(CC(=O)[C@@H]3CCCO3)c(NCCOC(F)(F)F)c2)cn(C)c1=O.Cc1cc(-c2ccc3nc([C@@H]4CCCO4)n(CCOC(F)(F)F)c3c2)cn(C)c1=O.S.S. The Kier molecular flexibility index (Phi) is 17.7. The number of aryl methyl sites for hydroxylation is 4. The molecule has 2 fully saturated rings. The summed E-state index contributed by atoms with van der Waals surface area (Å²) in [6, 6.07) is 14.5. The number of rotatable bonds is 13. The molecule has 2 atom stereocenters. The molecule has 20 heteroatoms. The maximum atomic E-state index is 12.5. The minimum Gasteiger partial charge on any atom is -0.382 e. The zero-order chi connectivity index (χ0) is 44.1. The number of ketones is 1. The van der Waals surface area contributed by atoms with Crippen molar-refractivity contribution in [3.63, 3.8) is 0 Å². The number of halogens is 6. The number of nitrogens with zero attached hydrogens (tertiary/aromatic N) is 4. The van der Waals surface area contributed by atoms with Crippen LogP contribution in [-0.2, 0) is 50.8 Å². The number of hydrogen-bond acceptors (Lipinski definition) is 9. The van der Waals surface area contributed by atoms with Gasteiger partial charge in [-0.3, -0.25) is 23.9 Å². The van der Waals surface area contributed by atoms with E-state index < -0.39 is 32.0 Å².